The van der Waals surface area contributed by atoms with Crippen molar-refractivity contribution >= 4 is 28.8 Å². The Hall–Kier alpha value is -4.73. The van der Waals surface area contributed by atoms with Gasteiger partial charge in [-0.3, -0.25) is 4.98 Å². The first kappa shape index (κ1) is 29.3. The van der Waals surface area contributed by atoms with Crippen LogP contribution in [-0.2, 0) is 6.54 Å². The zero-order valence-corrected chi connectivity index (χ0v) is 23.2. The molecule has 41 heavy (non-hydrogen) atoms. The Balaban J connectivity index is 0.000000196. The van der Waals surface area contributed by atoms with Crippen LogP contribution in [0.3, 0.4) is 0 Å². The van der Waals surface area contributed by atoms with E-state index in [4.69, 9.17) is 16.9 Å². The van der Waals surface area contributed by atoms with Crippen molar-refractivity contribution in [2.45, 2.75) is 19.9 Å². The Kier molecular flexibility index (Phi) is 10.4. The maximum atomic E-state index is 12.4. The van der Waals surface area contributed by atoms with Crippen LogP contribution >= 0.6 is 22.9 Å². The Morgan fingerprint density at radius 3 is 2.46 bits per heavy atom. The van der Waals surface area contributed by atoms with Gasteiger partial charge in [-0.1, -0.05) is 23.7 Å². The number of alkyl halides is 2. The number of thiazole rings is 1. The predicted octanol–water partition coefficient (Wildman–Crippen LogP) is 6.43. The number of nitriles is 1. The molecule has 5 aromatic rings. The monoisotopic (exact) mass is 589 g/mol. The van der Waals surface area contributed by atoms with Crippen LogP contribution in [0, 0.1) is 11.5 Å². The zero-order valence-electron chi connectivity index (χ0n) is 21.6. The second-order valence-corrected chi connectivity index (χ2v) is 9.69. The summed E-state index contributed by atoms with van der Waals surface area (Å²) in [4.78, 5) is 31.4. The van der Waals surface area contributed by atoms with E-state index in [1.54, 1.807) is 54.3 Å². The molecule has 0 unspecified atom stereocenters. The van der Waals surface area contributed by atoms with Crippen molar-refractivity contribution in [3.8, 4) is 38.9 Å². The van der Waals surface area contributed by atoms with Crippen LogP contribution in [0.5, 0.6) is 0 Å². The fourth-order valence-corrected chi connectivity index (χ4v) is 4.47. The lowest BCUT2D eigenvalue weighted by Gasteiger charge is -2.22. The predicted molar refractivity (Wildman–Crippen MR) is 154 cm³/mol. The van der Waals surface area contributed by atoms with E-state index >= 15 is 0 Å². The largest absolute Gasteiger partial charge is 0.349 e. The van der Waals surface area contributed by atoms with Gasteiger partial charge in [0.2, 0.25) is 6.19 Å². The number of pyridine rings is 3. The van der Waals surface area contributed by atoms with Gasteiger partial charge in [0.25, 0.3) is 6.43 Å². The van der Waals surface area contributed by atoms with Crippen LogP contribution in [-0.4, -0.2) is 53.6 Å². The molecule has 5 aromatic heterocycles. The minimum Gasteiger partial charge on any atom is -0.349 e. The van der Waals surface area contributed by atoms with Crippen LogP contribution in [0.1, 0.15) is 12.5 Å². The van der Waals surface area contributed by atoms with E-state index in [1.165, 1.54) is 18.0 Å². The molecule has 0 bridgehead atoms. The van der Waals surface area contributed by atoms with Crippen LogP contribution in [0.4, 0.5) is 8.78 Å². The summed E-state index contributed by atoms with van der Waals surface area (Å²) < 4.78 is 24.9. The summed E-state index contributed by atoms with van der Waals surface area (Å²) in [5.74, 6) is 0.860. The van der Waals surface area contributed by atoms with Gasteiger partial charge in [0, 0.05) is 49.3 Å². The van der Waals surface area contributed by atoms with Crippen molar-refractivity contribution in [1.29, 1.82) is 5.26 Å². The molecule has 0 atom stereocenters. The summed E-state index contributed by atoms with van der Waals surface area (Å²) in [6.07, 6.45) is 9.40. The highest BCUT2D eigenvalue weighted by Gasteiger charge is 2.14. The fourth-order valence-electron chi connectivity index (χ4n) is 3.48. The number of hydrogen-bond donors (Lipinski definition) is 0. The summed E-state index contributed by atoms with van der Waals surface area (Å²) >= 11 is 7.22. The Labute approximate surface area is 243 Å². The number of halogens is 3. The van der Waals surface area contributed by atoms with E-state index in [-0.39, 0.29) is 12.4 Å². The molecule has 0 aliphatic carbocycles. The smallest absolute Gasteiger partial charge is 0.255 e. The molecule has 0 fully saturated rings. The third-order valence-electron chi connectivity index (χ3n) is 5.40. The molecule has 9 nitrogen and oxygen atoms in total. The molecule has 0 saturated carbocycles. The van der Waals surface area contributed by atoms with Crippen LogP contribution in [0.15, 0.2) is 90.7 Å². The maximum absolute atomic E-state index is 12.4. The van der Waals surface area contributed by atoms with E-state index in [2.05, 4.69) is 34.9 Å². The topological polar surface area (TPSA) is 117 Å². The molecule has 0 aromatic carbocycles. The summed E-state index contributed by atoms with van der Waals surface area (Å²) in [5, 5.41) is 9.70. The Morgan fingerprint density at radius 2 is 1.78 bits per heavy atom. The summed E-state index contributed by atoms with van der Waals surface area (Å²) in [6.45, 7) is 1.22. The lowest BCUT2D eigenvalue weighted by molar-refractivity contribution is 0.113. The lowest BCUT2D eigenvalue weighted by atomic mass is 10.2. The molecule has 0 aliphatic heterocycles. The van der Waals surface area contributed by atoms with Gasteiger partial charge in [0.1, 0.15) is 21.7 Å². The molecule has 13 heteroatoms. The molecule has 5 rings (SSSR count). The summed E-state index contributed by atoms with van der Waals surface area (Å²) in [7, 11) is 0. The number of rotatable bonds is 7. The average molecular weight is 590 g/mol. The van der Waals surface area contributed by atoms with Crippen molar-refractivity contribution in [1.82, 2.24) is 34.8 Å². The standard InChI is InChI=1S/C17H11N5S.C11H11ClF2N4/c1-5-13(22-14(6-1)16-19-8-3-9-20-16)15-11-21-17(23-15)12-4-2-7-18-10-12;1-8(17-7-15)18(6-11(13)14)5-9-2-3-10(12)16-4-9/h1-11H;2-4,11H,5-6H2,1H3. The van der Waals surface area contributed by atoms with Gasteiger partial charge in [0.05, 0.1) is 17.1 Å². The number of amidine groups is 1. The van der Waals surface area contributed by atoms with Gasteiger partial charge in [-0.15, -0.1) is 11.3 Å². The molecule has 0 saturated heterocycles. The highest BCUT2D eigenvalue weighted by Crippen LogP contribution is 2.31. The van der Waals surface area contributed by atoms with Gasteiger partial charge in [-0.2, -0.15) is 10.3 Å². The molecular weight excluding hydrogens is 568 g/mol. The number of hydrogen-bond acceptors (Lipinski definition) is 9. The highest BCUT2D eigenvalue weighted by atomic mass is 35.5. The first-order valence-corrected chi connectivity index (χ1v) is 13.3. The van der Waals surface area contributed by atoms with E-state index in [9.17, 15) is 8.78 Å². The van der Waals surface area contributed by atoms with E-state index in [0.717, 1.165) is 26.8 Å². The molecule has 5 heterocycles. The van der Waals surface area contributed by atoms with Crippen LogP contribution in [0.25, 0.3) is 32.7 Å². The third kappa shape index (κ3) is 8.63. The molecule has 0 radical (unpaired) electrons. The lowest BCUT2D eigenvalue weighted by Crippen LogP contribution is -2.32. The van der Waals surface area contributed by atoms with Crippen molar-refractivity contribution < 1.29 is 8.78 Å². The van der Waals surface area contributed by atoms with Crippen LogP contribution < -0.4 is 0 Å². The van der Waals surface area contributed by atoms with Crippen molar-refractivity contribution in [3.05, 3.63) is 96.4 Å². The number of nitrogens with zero attached hydrogens (tertiary/aromatic N) is 9. The quantitative estimate of drug-likeness (QED) is 0.0923. The van der Waals surface area contributed by atoms with Gasteiger partial charge >= 0.3 is 0 Å². The SMILES string of the molecule is CC(=NC#N)N(Cc1ccc(Cl)nc1)CC(F)F.c1cnc(-c2cccc(-c3cnc(-c4cccnc4)s3)n2)nc1. The molecule has 206 valence electrons. The van der Waals surface area contributed by atoms with Crippen molar-refractivity contribution in [3.63, 3.8) is 0 Å². The first-order valence-electron chi connectivity index (χ1n) is 12.1. The van der Waals surface area contributed by atoms with Crippen molar-refractivity contribution in [2.75, 3.05) is 6.54 Å². The van der Waals surface area contributed by atoms with E-state index < -0.39 is 13.0 Å². The Bertz CT molecular complexity index is 1610. The zero-order chi connectivity index (χ0) is 29.0. The molecule has 0 amide bonds. The van der Waals surface area contributed by atoms with Gasteiger partial charge < -0.3 is 4.90 Å². The van der Waals surface area contributed by atoms with Gasteiger partial charge in [-0.25, -0.2) is 33.7 Å². The van der Waals surface area contributed by atoms with Gasteiger partial charge in [0.15, 0.2) is 5.82 Å². The molecular formula is C28H22ClF2N9S. The molecule has 0 aliphatic rings. The second kappa shape index (κ2) is 14.6. The minimum atomic E-state index is -2.51. The second-order valence-electron chi connectivity index (χ2n) is 8.27. The summed E-state index contributed by atoms with van der Waals surface area (Å²) in [6, 6.07) is 14.8. The minimum absolute atomic E-state index is 0.200. The van der Waals surface area contributed by atoms with E-state index in [0.29, 0.717) is 16.5 Å². The van der Waals surface area contributed by atoms with Gasteiger partial charge in [-0.05, 0) is 48.9 Å². The third-order valence-corrected chi connectivity index (χ3v) is 6.69. The highest BCUT2D eigenvalue weighted by molar-refractivity contribution is 7.18. The fraction of sp³-hybridized carbons (Fsp3) is 0.143. The number of aliphatic imine (C=N–C) groups is 1. The normalized spacial score (nSPS) is 11.0. The molecule has 0 N–H and O–H groups in total. The van der Waals surface area contributed by atoms with Crippen molar-refractivity contribution in [2.24, 2.45) is 4.99 Å². The summed E-state index contributed by atoms with van der Waals surface area (Å²) in [5.41, 5.74) is 3.33. The maximum Gasteiger partial charge on any atom is 0.255 e. The van der Waals surface area contributed by atoms with E-state index in [1.807, 2.05) is 42.7 Å². The van der Waals surface area contributed by atoms with Crippen LogP contribution in [0.2, 0.25) is 5.15 Å². The molecule has 0 spiro atoms. The number of aromatic nitrogens is 6. The Morgan fingerprint density at radius 1 is 0.976 bits per heavy atom. The first-order chi connectivity index (χ1) is 19.9. The average Bonchev–Trinajstić information content (AvgIpc) is 3.50.